The topological polar surface area (TPSA) is 50.2 Å². The first-order valence-corrected chi connectivity index (χ1v) is 7.11. The Bertz CT molecular complexity index is 508. The molecule has 2 fully saturated rings. The highest BCUT2D eigenvalue weighted by Crippen LogP contribution is 2.23. The van der Waals surface area contributed by atoms with Crippen LogP contribution in [0.15, 0.2) is 0 Å². The van der Waals surface area contributed by atoms with Gasteiger partial charge in [0.25, 0.3) is 5.91 Å². The van der Waals surface area contributed by atoms with Crippen molar-refractivity contribution in [2.45, 2.75) is 45.2 Å². The molecule has 104 valence electrons. The van der Waals surface area contributed by atoms with Crippen molar-refractivity contribution in [1.29, 1.82) is 0 Å². The molecule has 2 unspecified atom stereocenters. The highest BCUT2D eigenvalue weighted by Gasteiger charge is 2.32. The number of likely N-dealkylation sites (tertiary alicyclic amines) is 1. The second-order valence-electron chi connectivity index (χ2n) is 5.85. The molecule has 2 aliphatic rings. The highest BCUT2D eigenvalue weighted by atomic mass is 16.2. The molecule has 19 heavy (non-hydrogen) atoms. The van der Waals surface area contributed by atoms with Crippen LogP contribution in [0.1, 0.15) is 41.0 Å². The summed E-state index contributed by atoms with van der Waals surface area (Å²) in [6.07, 6.45) is 3.53. The van der Waals surface area contributed by atoms with E-state index in [0.29, 0.717) is 12.1 Å². The maximum atomic E-state index is 12.7. The summed E-state index contributed by atoms with van der Waals surface area (Å²) >= 11 is 0. The first-order valence-electron chi connectivity index (χ1n) is 7.11. The summed E-state index contributed by atoms with van der Waals surface area (Å²) in [6.45, 7) is 5.59. The second kappa shape index (κ2) is 4.63. The van der Waals surface area contributed by atoms with Crippen molar-refractivity contribution in [1.82, 2.24) is 20.0 Å². The summed E-state index contributed by atoms with van der Waals surface area (Å²) in [5, 5.41) is 7.96. The number of amides is 1. The summed E-state index contributed by atoms with van der Waals surface area (Å²) in [7, 11) is 1.89. The van der Waals surface area contributed by atoms with Crippen molar-refractivity contribution < 1.29 is 4.79 Å². The predicted octanol–water partition coefficient (Wildman–Crippen LogP) is 1.00. The highest BCUT2D eigenvalue weighted by molar-refractivity contribution is 5.96. The third-order valence-corrected chi connectivity index (χ3v) is 4.53. The summed E-state index contributed by atoms with van der Waals surface area (Å²) in [6, 6.07) is 1.09. The van der Waals surface area contributed by atoms with Crippen LogP contribution in [-0.2, 0) is 7.05 Å². The van der Waals surface area contributed by atoms with Gasteiger partial charge in [0.1, 0.15) is 0 Å². The van der Waals surface area contributed by atoms with E-state index in [4.69, 9.17) is 0 Å². The van der Waals surface area contributed by atoms with Gasteiger partial charge in [-0.25, -0.2) is 0 Å². The standard InChI is InChI=1S/C14H22N4O/c1-9-13(10(2)17(3)16-9)14(19)18-7-6-11-4-5-12(8-18)15-11/h11-12,15H,4-8H2,1-3H3. The summed E-state index contributed by atoms with van der Waals surface area (Å²) < 4.78 is 1.80. The molecule has 0 saturated carbocycles. The lowest BCUT2D eigenvalue weighted by Crippen LogP contribution is -2.39. The molecule has 0 aromatic carbocycles. The number of nitrogens with zero attached hydrogens (tertiary/aromatic N) is 3. The van der Waals surface area contributed by atoms with E-state index in [1.54, 1.807) is 4.68 Å². The van der Waals surface area contributed by atoms with Gasteiger partial charge in [-0.15, -0.1) is 0 Å². The third-order valence-electron chi connectivity index (χ3n) is 4.53. The van der Waals surface area contributed by atoms with Crippen LogP contribution in [0.4, 0.5) is 0 Å². The second-order valence-corrected chi connectivity index (χ2v) is 5.85. The zero-order valence-corrected chi connectivity index (χ0v) is 11.9. The zero-order chi connectivity index (χ0) is 13.6. The maximum absolute atomic E-state index is 12.7. The fourth-order valence-corrected chi connectivity index (χ4v) is 3.37. The van der Waals surface area contributed by atoms with Gasteiger partial charge in [-0.3, -0.25) is 9.48 Å². The molecule has 0 radical (unpaired) electrons. The van der Waals surface area contributed by atoms with Crippen molar-refractivity contribution in [3.05, 3.63) is 17.0 Å². The number of fused-ring (bicyclic) bond motifs is 2. The quantitative estimate of drug-likeness (QED) is 0.821. The third kappa shape index (κ3) is 2.16. The van der Waals surface area contributed by atoms with E-state index in [-0.39, 0.29) is 5.91 Å². The lowest BCUT2D eigenvalue weighted by molar-refractivity contribution is 0.0746. The van der Waals surface area contributed by atoms with Gasteiger partial charge >= 0.3 is 0 Å². The first kappa shape index (κ1) is 12.7. The van der Waals surface area contributed by atoms with Gasteiger partial charge in [-0.2, -0.15) is 5.10 Å². The molecule has 0 spiro atoms. The van der Waals surface area contributed by atoms with E-state index in [9.17, 15) is 4.79 Å². The van der Waals surface area contributed by atoms with Crippen LogP contribution < -0.4 is 5.32 Å². The van der Waals surface area contributed by atoms with Crippen molar-refractivity contribution in [3.8, 4) is 0 Å². The van der Waals surface area contributed by atoms with Gasteiger partial charge in [0, 0.05) is 37.9 Å². The molecule has 5 heteroatoms. The zero-order valence-electron chi connectivity index (χ0n) is 11.9. The van der Waals surface area contributed by atoms with E-state index >= 15 is 0 Å². The lowest BCUT2D eigenvalue weighted by atomic mass is 10.1. The van der Waals surface area contributed by atoms with Gasteiger partial charge in [-0.05, 0) is 33.1 Å². The average Bonchev–Trinajstić information content (AvgIpc) is 2.79. The van der Waals surface area contributed by atoms with E-state index < -0.39 is 0 Å². The number of carbonyl (C=O) groups excluding carboxylic acids is 1. The van der Waals surface area contributed by atoms with Crippen molar-refractivity contribution in [2.24, 2.45) is 7.05 Å². The number of nitrogens with one attached hydrogen (secondary N) is 1. The summed E-state index contributed by atoms with van der Waals surface area (Å²) in [5.74, 6) is 0.150. The van der Waals surface area contributed by atoms with Crippen LogP contribution in [0.5, 0.6) is 0 Å². The lowest BCUT2D eigenvalue weighted by Gasteiger charge is -2.24. The Labute approximate surface area is 114 Å². The molecule has 1 amide bonds. The van der Waals surface area contributed by atoms with Gasteiger partial charge < -0.3 is 10.2 Å². The minimum atomic E-state index is 0.150. The molecular weight excluding hydrogens is 240 g/mol. The molecule has 3 heterocycles. The van der Waals surface area contributed by atoms with E-state index in [0.717, 1.165) is 36.5 Å². The fraction of sp³-hybridized carbons (Fsp3) is 0.714. The molecule has 0 aliphatic carbocycles. The Hall–Kier alpha value is -1.36. The van der Waals surface area contributed by atoms with Crippen LogP contribution in [0.3, 0.4) is 0 Å². The molecule has 2 bridgehead atoms. The summed E-state index contributed by atoms with van der Waals surface area (Å²) in [5.41, 5.74) is 2.59. The maximum Gasteiger partial charge on any atom is 0.257 e. The normalized spacial score (nSPS) is 26.6. The smallest absolute Gasteiger partial charge is 0.257 e. The summed E-state index contributed by atoms with van der Waals surface area (Å²) in [4.78, 5) is 14.7. The number of aryl methyl sites for hydroxylation is 2. The molecule has 5 nitrogen and oxygen atoms in total. The van der Waals surface area contributed by atoms with Gasteiger partial charge in [0.05, 0.1) is 11.3 Å². The Morgan fingerprint density at radius 1 is 1.26 bits per heavy atom. The van der Waals surface area contributed by atoms with Gasteiger partial charge in [-0.1, -0.05) is 0 Å². The molecular formula is C14H22N4O. The van der Waals surface area contributed by atoms with Gasteiger partial charge in [0.2, 0.25) is 0 Å². The molecule has 2 atom stereocenters. The van der Waals surface area contributed by atoms with Gasteiger partial charge in [0.15, 0.2) is 0 Å². The van der Waals surface area contributed by atoms with Crippen molar-refractivity contribution in [2.75, 3.05) is 13.1 Å². The fourth-order valence-electron chi connectivity index (χ4n) is 3.37. The number of carbonyl (C=O) groups is 1. The van der Waals surface area contributed by atoms with Crippen LogP contribution in [0, 0.1) is 13.8 Å². The Morgan fingerprint density at radius 2 is 2.00 bits per heavy atom. The van der Waals surface area contributed by atoms with Crippen LogP contribution in [0.2, 0.25) is 0 Å². The molecule has 1 aromatic rings. The molecule has 2 saturated heterocycles. The molecule has 1 aromatic heterocycles. The predicted molar refractivity (Wildman–Crippen MR) is 73.1 cm³/mol. The Balaban J connectivity index is 1.83. The largest absolute Gasteiger partial charge is 0.337 e. The monoisotopic (exact) mass is 262 g/mol. The average molecular weight is 262 g/mol. The number of aromatic nitrogens is 2. The number of hydrogen-bond donors (Lipinski definition) is 1. The van der Waals surface area contributed by atoms with Crippen molar-refractivity contribution >= 4 is 5.91 Å². The van der Waals surface area contributed by atoms with E-state index in [2.05, 4.69) is 10.4 Å². The Morgan fingerprint density at radius 3 is 2.68 bits per heavy atom. The Kier molecular flexibility index (Phi) is 3.09. The van der Waals surface area contributed by atoms with Crippen LogP contribution in [0.25, 0.3) is 0 Å². The molecule has 1 N–H and O–H groups in total. The number of hydrogen-bond acceptors (Lipinski definition) is 3. The van der Waals surface area contributed by atoms with Crippen molar-refractivity contribution in [3.63, 3.8) is 0 Å². The minimum Gasteiger partial charge on any atom is -0.337 e. The molecule has 3 rings (SSSR count). The van der Waals surface area contributed by atoms with Crippen LogP contribution >= 0.6 is 0 Å². The SMILES string of the molecule is Cc1nn(C)c(C)c1C(=O)N1CCC2CCC(C1)N2. The van der Waals surface area contributed by atoms with E-state index in [1.807, 2.05) is 25.8 Å². The number of rotatable bonds is 1. The minimum absolute atomic E-state index is 0.150. The molecule has 2 aliphatic heterocycles. The van der Waals surface area contributed by atoms with E-state index in [1.165, 1.54) is 12.8 Å². The first-order chi connectivity index (χ1) is 9.06. The van der Waals surface area contributed by atoms with Crippen LogP contribution in [-0.4, -0.2) is 45.8 Å².